The number of sulfonamides is 1. The molecule has 0 saturated carbocycles. The molecule has 0 aliphatic carbocycles. The van der Waals surface area contributed by atoms with Crippen LogP contribution in [0.3, 0.4) is 0 Å². The van der Waals surface area contributed by atoms with E-state index in [0.717, 1.165) is 27.6 Å². The summed E-state index contributed by atoms with van der Waals surface area (Å²) >= 11 is 0. The molecule has 0 aliphatic heterocycles. The Morgan fingerprint density at radius 1 is 0.818 bits per heavy atom. The first-order valence-electron chi connectivity index (χ1n) is 10.2. The number of nitrogens with zero attached hydrogens (tertiary/aromatic N) is 7. The van der Waals surface area contributed by atoms with E-state index in [2.05, 4.69) is 30.6 Å². The monoisotopic (exact) mass is 460 g/mol. The van der Waals surface area contributed by atoms with E-state index in [-0.39, 0.29) is 18.0 Å². The standard InChI is InChI=1S/C22H20N8O2S/c1-16-10-12-18(13-11-16)33(31,32)28-23-17(14-29-21-8-4-2-6-19(21)24-26-29)15-30-22-9-5-3-7-20(22)25-27-30/h2-13,28H,14-15H2,1H3. The molecule has 3 aromatic carbocycles. The van der Waals surface area contributed by atoms with Crippen molar-refractivity contribution in [1.29, 1.82) is 0 Å². The van der Waals surface area contributed by atoms with Gasteiger partial charge in [0.2, 0.25) is 0 Å². The zero-order valence-corrected chi connectivity index (χ0v) is 18.5. The highest BCUT2D eigenvalue weighted by atomic mass is 32.2. The van der Waals surface area contributed by atoms with Crippen molar-refractivity contribution in [3.63, 3.8) is 0 Å². The first-order valence-corrected chi connectivity index (χ1v) is 11.7. The molecule has 0 atom stereocenters. The zero-order chi connectivity index (χ0) is 22.8. The first kappa shape index (κ1) is 20.8. The quantitative estimate of drug-likeness (QED) is 0.294. The molecule has 2 aromatic heterocycles. The maximum atomic E-state index is 12.8. The van der Waals surface area contributed by atoms with Gasteiger partial charge >= 0.3 is 0 Å². The molecule has 0 radical (unpaired) electrons. The Morgan fingerprint density at radius 2 is 1.33 bits per heavy atom. The number of hydrogen-bond donors (Lipinski definition) is 1. The van der Waals surface area contributed by atoms with E-state index in [1.165, 1.54) is 0 Å². The lowest BCUT2D eigenvalue weighted by Crippen LogP contribution is -2.25. The average Bonchev–Trinajstić information content (AvgIpc) is 3.42. The van der Waals surface area contributed by atoms with Gasteiger partial charge in [-0.1, -0.05) is 52.4 Å². The number of hydrogen-bond acceptors (Lipinski definition) is 7. The van der Waals surface area contributed by atoms with Crippen LogP contribution in [-0.4, -0.2) is 44.1 Å². The SMILES string of the molecule is Cc1ccc(S(=O)(=O)NN=C(Cn2nnc3ccccc32)Cn2nnc3ccccc32)cc1. The topological polar surface area (TPSA) is 120 Å². The molecule has 10 nitrogen and oxygen atoms in total. The Kier molecular flexibility index (Phi) is 5.31. The van der Waals surface area contributed by atoms with Crippen LogP contribution in [0.15, 0.2) is 82.8 Å². The molecular formula is C22H20N8O2S. The van der Waals surface area contributed by atoms with Crippen LogP contribution in [0.5, 0.6) is 0 Å². The van der Waals surface area contributed by atoms with Gasteiger partial charge in [-0.15, -0.1) is 10.2 Å². The first-order chi connectivity index (χ1) is 16.0. The van der Waals surface area contributed by atoms with Crippen molar-refractivity contribution in [2.24, 2.45) is 5.10 Å². The lowest BCUT2D eigenvalue weighted by molar-refractivity contribution is 0.582. The summed E-state index contributed by atoms with van der Waals surface area (Å²) in [5.41, 5.74) is 4.56. The second kappa shape index (κ2) is 8.43. The summed E-state index contributed by atoms with van der Waals surface area (Å²) in [4.78, 5) is 2.49. The number of benzene rings is 3. The van der Waals surface area contributed by atoms with E-state index < -0.39 is 10.0 Å². The Balaban J connectivity index is 1.49. The maximum Gasteiger partial charge on any atom is 0.276 e. The van der Waals surface area contributed by atoms with E-state index in [0.29, 0.717) is 5.71 Å². The minimum atomic E-state index is -3.84. The van der Waals surface area contributed by atoms with E-state index in [1.54, 1.807) is 33.6 Å². The van der Waals surface area contributed by atoms with Crippen LogP contribution in [0.2, 0.25) is 0 Å². The Bertz CT molecular complexity index is 1490. The van der Waals surface area contributed by atoms with E-state index in [1.807, 2.05) is 55.5 Å². The Hall–Kier alpha value is -4.12. The van der Waals surface area contributed by atoms with Gasteiger partial charge in [-0.2, -0.15) is 18.4 Å². The van der Waals surface area contributed by atoms with Crippen LogP contribution < -0.4 is 4.83 Å². The lowest BCUT2D eigenvalue weighted by atomic mass is 10.2. The summed E-state index contributed by atoms with van der Waals surface area (Å²) in [6.07, 6.45) is 0. The fourth-order valence-electron chi connectivity index (χ4n) is 3.43. The summed E-state index contributed by atoms with van der Waals surface area (Å²) in [7, 11) is -3.84. The molecule has 5 aromatic rings. The highest BCUT2D eigenvalue weighted by molar-refractivity contribution is 7.89. The molecule has 0 aliphatic rings. The molecule has 0 unspecified atom stereocenters. The van der Waals surface area contributed by atoms with Gasteiger partial charge < -0.3 is 0 Å². The molecule has 0 fully saturated rings. The Labute approximate surface area is 189 Å². The van der Waals surface area contributed by atoms with Gasteiger partial charge in [0.25, 0.3) is 10.0 Å². The van der Waals surface area contributed by atoms with Crippen molar-refractivity contribution >= 4 is 37.8 Å². The van der Waals surface area contributed by atoms with Crippen LogP contribution in [0.25, 0.3) is 22.1 Å². The summed E-state index contributed by atoms with van der Waals surface area (Å²) in [6.45, 7) is 2.32. The Morgan fingerprint density at radius 3 is 1.88 bits per heavy atom. The van der Waals surface area contributed by atoms with Crippen LogP contribution >= 0.6 is 0 Å². The van der Waals surface area contributed by atoms with Gasteiger partial charge in [0.15, 0.2) is 0 Å². The van der Waals surface area contributed by atoms with Crippen molar-refractivity contribution in [3.8, 4) is 0 Å². The number of nitrogens with one attached hydrogen (secondary N) is 1. The van der Waals surface area contributed by atoms with Gasteiger partial charge in [-0.25, -0.2) is 9.36 Å². The minimum Gasteiger partial charge on any atom is -0.239 e. The molecule has 0 spiro atoms. The van der Waals surface area contributed by atoms with Crippen LogP contribution in [0, 0.1) is 6.92 Å². The van der Waals surface area contributed by atoms with Gasteiger partial charge in [0.05, 0.1) is 34.7 Å². The molecule has 11 heteroatoms. The average molecular weight is 461 g/mol. The molecule has 33 heavy (non-hydrogen) atoms. The zero-order valence-electron chi connectivity index (χ0n) is 17.7. The fourth-order valence-corrected chi connectivity index (χ4v) is 4.28. The predicted octanol–water partition coefficient (Wildman–Crippen LogP) is 2.52. The summed E-state index contributed by atoms with van der Waals surface area (Å²) in [6, 6.07) is 21.6. The molecule has 1 N–H and O–H groups in total. The molecule has 166 valence electrons. The summed E-state index contributed by atoms with van der Waals surface area (Å²) < 4.78 is 28.9. The smallest absolute Gasteiger partial charge is 0.239 e. The highest BCUT2D eigenvalue weighted by Crippen LogP contribution is 2.13. The van der Waals surface area contributed by atoms with Crippen molar-refractivity contribution in [2.75, 3.05) is 0 Å². The van der Waals surface area contributed by atoms with Crippen LogP contribution in [0.4, 0.5) is 0 Å². The molecular weight excluding hydrogens is 440 g/mol. The number of para-hydroxylation sites is 2. The summed E-state index contributed by atoms with van der Waals surface area (Å²) in [5, 5.41) is 21.0. The fraction of sp³-hybridized carbons (Fsp3) is 0.136. The molecule has 5 rings (SSSR count). The maximum absolute atomic E-state index is 12.8. The number of hydrazone groups is 1. The summed E-state index contributed by atoms with van der Waals surface area (Å²) in [5.74, 6) is 0. The number of aryl methyl sites for hydroxylation is 1. The van der Waals surface area contributed by atoms with Gasteiger partial charge in [-0.05, 0) is 43.3 Å². The third-order valence-electron chi connectivity index (χ3n) is 5.16. The second-order valence-electron chi connectivity index (χ2n) is 7.56. The van der Waals surface area contributed by atoms with Crippen LogP contribution in [0.1, 0.15) is 5.56 Å². The van der Waals surface area contributed by atoms with E-state index in [4.69, 9.17) is 0 Å². The number of aromatic nitrogens is 6. The van der Waals surface area contributed by atoms with Gasteiger partial charge in [0, 0.05) is 0 Å². The van der Waals surface area contributed by atoms with Gasteiger partial charge in [0.1, 0.15) is 11.0 Å². The molecule has 0 bridgehead atoms. The third-order valence-corrected chi connectivity index (χ3v) is 6.38. The second-order valence-corrected chi connectivity index (χ2v) is 9.22. The third kappa shape index (κ3) is 4.30. The molecule has 0 saturated heterocycles. The predicted molar refractivity (Wildman–Crippen MR) is 124 cm³/mol. The highest BCUT2D eigenvalue weighted by Gasteiger charge is 2.15. The van der Waals surface area contributed by atoms with E-state index in [9.17, 15) is 8.42 Å². The normalized spacial score (nSPS) is 11.7. The van der Waals surface area contributed by atoms with Crippen molar-refractivity contribution in [3.05, 3.63) is 78.4 Å². The van der Waals surface area contributed by atoms with Gasteiger partial charge in [-0.3, -0.25) is 0 Å². The number of rotatable bonds is 7. The van der Waals surface area contributed by atoms with E-state index >= 15 is 0 Å². The molecule has 0 amide bonds. The number of fused-ring (bicyclic) bond motifs is 2. The molecule has 2 heterocycles. The van der Waals surface area contributed by atoms with Crippen molar-refractivity contribution in [2.45, 2.75) is 24.9 Å². The van der Waals surface area contributed by atoms with Crippen molar-refractivity contribution in [1.82, 2.24) is 34.8 Å². The minimum absolute atomic E-state index is 0.133. The van der Waals surface area contributed by atoms with Crippen LogP contribution in [-0.2, 0) is 23.1 Å². The van der Waals surface area contributed by atoms with Crippen molar-refractivity contribution < 1.29 is 8.42 Å². The largest absolute Gasteiger partial charge is 0.276 e. The lowest BCUT2D eigenvalue weighted by Gasteiger charge is -2.10.